The minimum absolute atomic E-state index is 0.536. The summed E-state index contributed by atoms with van der Waals surface area (Å²) in [5.41, 5.74) is 1.70. The predicted molar refractivity (Wildman–Crippen MR) is 41.7 cm³/mol. The molecular weight excluding hydrogens is 194 g/mol. The summed E-state index contributed by atoms with van der Waals surface area (Å²) in [5.74, 6) is 0. The van der Waals surface area contributed by atoms with Gasteiger partial charge in [0.1, 0.15) is 5.52 Å². The summed E-state index contributed by atoms with van der Waals surface area (Å²) in [6.45, 7) is 0. The van der Waals surface area contributed by atoms with Crippen LogP contribution in [-0.2, 0) is 0 Å². The first-order valence-electron chi connectivity index (χ1n) is 2.87. The molecule has 0 amide bonds. The molecule has 10 heavy (non-hydrogen) atoms. The van der Waals surface area contributed by atoms with Gasteiger partial charge in [-0.1, -0.05) is 12.1 Å². The summed E-state index contributed by atoms with van der Waals surface area (Å²) in [4.78, 5) is 4.60. The molecule has 0 radical (unpaired) electrons. The Morgan fingerprint density at radius 1 is 1.30 bits per heavy atom. The highest BCUT2D eigenvalue weighted by Gasteiger charge is 1.98. The van der Waals surface area contributed by atoms with Gasteiger partial charge in [-0.25, -0.2) is 4.98 Å². The van der Waals surface area contributed by atoms with Crippen molar-refractivity contribution in [3.8, 4) is 0 Å². The fourth-order valence-electron chi connectivity index (χ4n) is 0.844. The van der Waals surface area contributed by atoms with Crippen molar-refractivity contribution in [1.29, 1.82) is 0 Å². The number of rotatable bonds is 0. The van der Waals surface area contributed by atoms with E-state index >= 15 is 0 Å². The van der Waals surface area contributed by atoms with Crippen molar-refractivity contribution in [3.05, 3.63) is 29.1 Å². The Morgan fingerprint density at radius 2 is 2.10 bits per heavy atom. The zero-order valence-electron chi connectivity index (χ0n) is 5.04. The molecule has 2 aromatic rings. The Bertz CT molecular complexity index is 322. The average molecular weight is 198 g/mol. The maximum atomic E-state index is 5.17. The van der Waals surface area contributed by atoms with Crippen LogP contribution in [0.4, 0.5) is 0 Å². The van der Waals surface area contributed by atoms with Crippen molar-refractivity contribution in [2.24, 2.45) is 0 Å². The lowest BCUT2D eigenvalue weighted by Crippen LogP contribution is -1.62. The van der Waals surface area contributed by atoms with E-state index in [0.717, 1.165) is 11.1 Å². The van der Waals surface area contributed by atoms with E-state index in [-0.39, 0.29) is 0 Å². The van der Waals surface area contributed by atoms with Gasteiger partial charge in [-0.3, -0.25) is 0 Å². The van der Waals surface area contributed by atoms with E-state index in [0.29, 0.717) is 4.80 Å². The topological polar surface area (TPSA) is 26.0 Å². The van der Waals surface area contributed by atoms with E-state index in [1.165, 1.54) is 0 Å². The highest BCUT2D eigenvalue weighted by Crippen LogP contribution is 2.17. The van der Waals surface area contributed by atoms with Gasteiger partial charge in [-0.05, 0) is 12.1 Å². The smallest absolute Gasteiger partial charge is 0.265 e. The minimum Gasteiger partial charge on any atom is -0.431 e. The summed E-state index contributed by atoms with van der Waals surface area (Å²) in [6.07, 6.45) is 0. The van der Waals surface area contributed by atoms with E-state index in [1.807, 2.05) is 24.3 Å². The summed E-state index contributed by atoms with van der Waals surface area (Å²) in [5, 5.41) is 0. The molecule has 0 saturated carbocycles. The molecule has 50 valence electrons. The van der Waals surface area contributed by atoms with Crippen LogP contribution in [0.2, 0.25) is 0 Å². The van der Waals surface area contributed by atoms with Crippen LogP contribution in [-0.4, -0.2) is 4.98 Å². The van der Waals surface area contributed by atoms with E-state index in [1.54, 1.807) is 0 Å². The van der Waals surface area contributed by atoms with E-state index in [4.69, 9.17) is 4.42 Å². The van der Waals surface area contributed by atoms with Gasteiger partial charge in [0, 0.05) is 15.9 Å². The Labute approximate surface area is 66.0 Å². The Kier molecular flexibility index (Phi) is 1.24. The second-order valence-corrected chi connectivity index (χ2v) is 2.61. The molecule has 1 aromatic heterocycles. The largest absolute Gasteiger partial charge is 0.431 e. The second-order valence-electron chi connectivity index (χ2n) is 1.93. The normalized spacial score (nSPS) is 10.5. The number of benzene rings is 1. The van der Waals surface area contributed by atoms with Crippen molar-refractivity contribution in [2.75, 3.05) is 0 Å². The maximum Gasteiger partial charge on any atom is 0.265 e. The van der Waals surface area contributed by atoms with Crippen LogP contribution in [0.15, 0.2) is 33.5 Å². The predicted octanol–water partition coefficient (Wildman–Crippen LogP) is 2.59. The third-order valence-electron chi connectivity index (χ3n) is 1.27. The molecule has 0 bridgehead atoms. The average Bonchev–Trinajstić information content (AvgIpc) is 2.27. The zero-order chi connectivity index (χ0) is 6.97. The Hall–Kier alpha value is -0.830. The molecule has 0 fully saturated rings. The van der Waals surface area contributed by atoms with Crippen molar-refractivity contribution in [3.63, 3.8) is 0 Å². The van der Waals surface area contributed by atoms with E-state index in [2.05, 4.69) is 20.9 Å². The third kappa shape index (κ3) is 0.827. The maximum absolute atomic E-state index is 5.17. The summed E-state index contributed by atoms with van der Waals surface area (Å²) >= 11 is 3.15. The van der Waals surface area contributed by atoms with Crippen LogP contribution >= 0.6 is 15.9 Å². The zero-order valence-corrected chi connectivity index (χ0v) is 6.63. The monoisotopic (exact) mass is 197 g/mol. The highest BCUT2D eigenvalue weighted by molar-refractivity contribution is 9.10. The standard InChI is InChI=1S/C7H4BrNO/c8-7-9-5-3-1-2-4-6(5)10-7/h1-4H. The lowest BCUT2D eigenvalue weighted by Gasteiger charge is -1.79. The van der Waals surface area contributed by atoms with Crippen molar-refractivity contribution in [1.82, 2.24) is 4.98 Å². The Morgan fingerprint density at radius 3 is 2.90 bits per heavy atom. The van der Waals surface area contributed by atoms with Crippen LogP contribution in [0.1, 0.15) is 0 Å². The van der Waals surface area contributed by atoms with Crippen LogP contribution < -0.4 is 0 Å². The molecule has 0 unspecified atom stereocenters. The highest BCUT2D eigenvalue weighted by atomic mass is 79.9. The molecule has 1 aromatic carbocycles. The van der Waals surface area contributed by atoms with Gasteiger partial charge in [0.25, 0.3) is 4.80 Å². The van der Waals surface area contributed by atoms with Crippen molar-refractivity contribution >= 4 is 27.0 Å². The number of fused-ring (bicyclic) bond motifs is 1. The summed E-state index contributed by atoms with van der Waals surface area (Å²) < 4.78 is 5.17. The molecule has 3 heteroatoms. The van der Waals surface area contributed by atoms with Crippen LogP contribution in [0.3, 0.4) is 0 Å². The number of hydrogen-bond donors (Lipinski definition) is 0. The molecule has 0 aliphatic rings. The lowest BCUT2D eigenvalue weighted by atomic mass is 10.3. The van der Waals surface area contributed by atoms with Crippen molar-refractivity contribution in [2.45, 2.75) is 0 Å². The fraction of sp³-hybridized carbons (Fsp3) is 0. The summed E-state index contributed by atoms with van der Waals surface area (Å²) in [6, 6.07) is 7.63. The van der Waals surface area contributed by atoms with E-state index < -0.39 is 0 Å². The molecule has 0 aliphatic carbocycles. The molecule has 0 saturated heterocycles. The Balaban J connectivity index is 2.88. The van der Waals surface area contributed by atoms with Gasteiger partial charge in [0.05, 0.1) is 0 Å². The third-order valence-corrected chi connectivity index (χ3v) is 1.61. The molecule has 0 spiro atoms. The number of oxazole rings is 1. The first-order valence-corrected chi connectivity index (χ1v) is 3.66. The van der Waals surface area contributed by atoms with Gasteiger partial charge >= 0.3 is 0 Å². The number of aromatic nitrogens is 1. The second kappa shape index (κ2) is 2.09. The SMILES string of the molecule is Brc1nc2ccccc2o1. The molecule has 0 N–H and O–H groups in total. The fourth-order valence-corrected chi connectivity index (χ4v) is 1.21. The number of halogens is 1. The minimum atomic E-state index is 0.536. The summed E-state index contributed by atoms with van der Waals surface area (Å²) in [7, 11) is 0. The first kappa shape index (κ1) is 5.92. The van der Waals surface area contributed by atoms with E-state index in [9.17, 15) is 0 Å². The number of para-hydroxylation sites is 2. The number of nitrogens with zero attached hydrogens (tertiary/aromatic N) is 1. The molecular formula is C7H4BrNO. The van der Waals surface area contributed by atoms with Gasteiger partial charge < -0.3 is 4.42 Å². The molecule has 0 atom stereocenters. The number of hydrogen-bond acceptors (Lipinski definition) is 2. The molecule has 0 aliphatic heterocycles. The molecule has 2 nitrogen and oxygen atoms in total. The van der Waals surface area contributed by atoms with Crippen LogP contribution in [0, 0.1) is 0 Å². The van der Waals surface area contributed by atoms with Gasteiger partial charge in [-0.2, -0.15) is 0 Å². The van der Waals surface area contributed by atoms with Crippen LogP contribution in [0.25, 0.3) is 11.1 Å². The van der Waals surface area contributed by atoms with Gasteiger partial charge in [0.15, 0.2) is 5.58 Å². The first-order chi connectivity index (χ1) is 4.86. The molecule has 1 heterocycles. The molecule has 2 rings (SSSR count). The van der Waals surface area contributed by atoms with Crippen LogP contribution in [0.5, 0.6) is 0 Å². The quantitative estimate of drug-likeness (QED) is 0.650. The van der Waals surface area contributed by atoms with Gasteiger partial charge in [0.2, 0.25) is 0 Å². The lowest BCUT2D eigenvalue weighted by molar-refractivity contribution is 0.570. The van der Waals surface area contributed by atoms with Gasteiger partial charge in [-0.15, -0.1) is 0 Å². The van der Waals surface area contributed by atoms with Crippen molar-refractivity contribution < 1.29 is 4.42 Å².